The first-order valence-corrected chi connectivity index (χ1v) is 12.4. The normalized spacial score (nSPS) is 18.6. The lowest BCUT2D eigenvalue weighted by atomic mass is 9.98. The van der Waals surface area contributed by atoms with Gasteiger partial charge in [-0.25, -0.2) is 18.9 Å². The first-order chi connectivity index (χ1) is 15.9. The molecule has 0 radical (unpaired) electrons. The Morgan fingerprint density at radius 1 is 1.03 bits per heavy atom. The van der Waals surface area contributed by atoms with Gasteiger partial charge in [-0.1, -0.05) is 25.0 Å². The summed E-state index contributed by atoms with van der Waals surface area (Å²) in [5.74, 6) is -1.22. The van der Waals surface area contributed by atoms with E-state index in [1.54, 1.807) is 12.1 Å². The number of carbonyl (C=O) groups is 2. The molecule has 1 aliphatic heterocycles. The van der Waals surface area contributed by atoms with Crippen molar-refractivity contribution in [1.29, 1.82) is 0 Å². The van der Waals surface area contributed by atoms with Crippen molar-refractivity contribution in [3.63, 3.8) is 0 Å². The number of amides is 2. The fourth-order valence-corrected chi connectivity index (χ4v) is 6.31. The van der Waals surface area contributed by atoms with Gasteiger partial charge in [0.15, 0.2) is 14.6 Å². The summed E-state index contributed by atoms with van der Waals surface area (Å²) in [6.45, 7) is 0.196. The van der Waals surface area contributed by atoms with E-state index in [1.165, 1.54) is 30.0 Å². The van der Waals surface area contributed by atoms with Gasteiger partial charge in [-0.3, -0.25) is 19.8 Å². The van der Waals surface area contributed by atoms with Gasteiger partial charge in [0.1, 0.15) is 5.69 Å². The van der Waals surface area contributed by atoms with Gasteiger partial charge < -0.3 is 10.1 Å². The molecule has 1 saturated heterocycles. The lowest BCUT2D eigenvalue weighted by Crippen LogP contribution is -2.54. The standard InChI is InChI=1S/C22H26N4O6S/c27-20(25-16-3-1-2-4-16)19-14-23-18(13-24-19)15-5-7-17(8-6-15)33(30,31)22(21(28)26-29)9-11-32-12-10-22/h5-8,13-14,16,29H,1-4,9-12H2,(H,25,27)(H,26,28). The quantitative estimate of drug-likeness (QED) is 0.423. The Labute approximate surface area is 191 Å². The number of hydrogen-bond donors (Lipinski definition) is 3. The Hall–Kier alpha value is -2.89. The zero-order valence-corrected chi connectivity index (χ0v) is 18.8. The van der Waals surface area contributed by atoms with E-state index >= 15 is 0 Å². The number of benzene rings is 1. The molecule has 2 aliphatic rings. The fourth-order valence-electron chi connectivity index (χ4n) is 4.38. The van der Waals surface area contributed by atoms with Crippen LogP contribution in [0.3, 0.4) is 0 Å². The number of nitrogens with zero attached hydrogens (tertiary/aromatic N) is 2. The maximum Gasteiger partial charge on any atom is 0.271 e. The lowest BCUT2D eigenvalue weighted by Gasteiger charge is -2.34. The number of hydrogen-bond acceptors (Lipinski definition) is 8. The molecule has 1 saturated carbocycles. The van der Waals surface area contributed by atoms with Crippen molar-refractivity contribution in [3.8, 4) is 11.3 Å². The van der Waals surface area contributed by atoms with Crippen molar-refractivity contribution in [1.82, 2.24) is 20.8 Å². The van der Waals surface area contributed by atoms with Crippen LogP contribution >= 0.6 is 0 Å². The van der Waals surface area contributed by atoms with E-state index in [4.69, 9.17) is 9.94 Å². The van der Waals surface area contributed by atoms with Crippen LogP contribution in [0.1, 0.15) is 49.0 Å². The first kappa shape index (κ1) is 23.3. The molecule has 11 heteroatoms. The second kappa shape index (κ2) is 9.54. The molecule has 0 bridgehead atoms. The van der Waals surface area contributed by atoms with Gasteiger partial charge in [0.05, 0.1) is 23.0 Å². The molecule has 3 N–H and O–H groups in total. The van der Waals surface area contributed by atoms with E-state index in [0.29, 0.717) is 11.3 Å². The van der Waals surface area contributed by atoms with E-state index in [0.717, 1.165) is 25.7 Å². The zero-order chi connectivity index (χ0) is 23.5. The van der Waals surface area contributed by atoms with Crippen LogP contribution in [0.25, 0.3) is 11.3 Å². The van der Waals surface area contributed by atoms with Crippen LogP contribution in [0.2, 0.25) is 0 Å². The van der Waals surface area contributed by atoms with Crippen LogP contribution in [-0.2, 0) is 19.4 Å². The fraction of sp³-hybridized carbons (Fsp3) is 0.455. The van der Waals surface area contributed by atoms with Crippen molar-refractivity contribution in [2.75, 3.05) is 13.2 Å². The van der Waals surface area contributed by atoms with Gasteiger partial charge in [-0.15, -0.1) is 0 Å². The van der Waals surface area contributed by atoms with Gasteiger partial charge in [0.25, 0.3) is 11.8 Å². The Bertz CT molecular complexity index is 1110. The lowest BCUT2D eigenvalue weighted by molar-refractivity contribution is -0.134. The monoisotopic (exact) mass is 474 g/mol. The van der Waals surface area contributed by atoms with Gasteiger partial charge in [0.2, 0.25) is 0 Å². The van der Waals surface area contributed by atoms with Crippen LogP contribution in [0.15, 0.2) is 41.6 Å². The SMILES string of the molecule is O=C(NC1CCCC1)c1cnc(-c2ccc(S(=O)(=O)C3(C(=O)NO)CCOCC3)cc2)cn1. The van der Waals surface area contributed by atoms with Gasteiger partial charge in [-0.2, -0.15) is 0 Å². The van der Waals surface area contributed by atoms with E-state index < -0.39 is 20.5 Å². The largest absolute Gasteiger partial charge is 0.381 e. The van der Waals surface area contributed by atoms with Crippen LogP contribution in [0.5, 0.6) is 0 Å². The Morgan fingerprint density at radius 2 is 1.70 bits per heavy atom. The maximum atomic E-state index is 13.3. The second-order valence-electron chi connectivity index (χ2n) is 8.32. The molecule has 1 aliphatic carbocycles. The molecule has 0 atom stereocenters. The molecule has 0 spiro atoms. The van der Waals surface area contributed by atoms with Gasteiger partial charge >= 0.3 is 0 Å². The number of rotatable bonds is 6. The highest BCUT2D eigenvalue weighted by molar-refractivity contribution is 7.93. The van der Waals surface area contributed by atoms with Crippen LogP contribution < -0.4 is 10.8 Å². The number of carbonyl (C=O) groups excluding carboxylic acids is 2. The average Bonchev–Trinajstić information content (AvgIpc) is 3.37. The molecule has 2 fully saturated rings. The smallest absolute Gasteiger partial charge is 0.271 e. The summed E-state index contributed by atoms with van der Waals surface area (Å²) in [4.78, 5) is 33.1. The highest BCUT2D eigenvalue weighted by atomic mass is 32.2. The molecular formula is C22H26N4O6S. The summed E-state index contributed by atoms with van der Waals surface area (Å²) in [7, 11) is -4.10. The minimum absolute atomic E-state index is 0.0442. The Morgan fingerprint density at radius 3 is 2.27 bits per heavy atom. The molecule has 4 rings (SSSR count). The Kier molecular flexibility index (Phi) is 6.73. The topological polar surface area (TPSA) is 148 Å². The van der Waals surface area contributed by atoms with Crippen molar-refractivity contribution < 1.29 is 28.0 Å². The molecule has 1 aromatic heterocycles. The third kappa shape index (κ3) is 4.48. The number of aromatic nitrogens is 2. The average molecular weight is 475 g/mol. The predicted octanol–water partition coefficient (Wildman–Crippen LogP) is 1.64. The zero-order valence-electron chi connectivity index (χ0n) is 18.0. The highest BCUT2D eigenvalue weighted by Crippen LogP contribution is 2.35. The molecule has 0 unspecified atom stereocenters. The van der Waals surface area contributed by atoms with Crippen LogP contribution in [0, 0.1) is 0 Å². The number of sulfone groups is 1. The molecule has 2 heterocycles. The maximum absolute atomic E-state index is 13.3. The van der Waals surface area contributed by atoms with Crippen molar-refractivity contribution in [3.05, 3.63) is 42.4 Å². The Balaban J connectivity index is 1.53. The van der Waals surface area contributed by atoms with Crippen LogP contribution in [-0.4, -0.2) is 59.4 Å². The minimum Gasteiger partial charge on any atom is -0.381 e. The van der Waals surface area contributed by atoms with Gasteiger partial charge in [-0.05, 0) is 37.8 Å². The minimum atomic E-state index is -4.10. The van der Waals surface area contributed by atoms with E-state index in [9.17, 15) is 18.0 Å². The van der Waals surface area contributed by atoms with Crippen molar-refractivity contribution in [2.45, 2.75) is 54.2 Å². The van der Waals surface area contributed by atoms with E-state index in [1.807, 2.05) is 0 Å². The highest BCUT2D eigenvalue weighted by Gasteiger charge is 2.52. The molecular weight excluding hydrogens is 448 g/mol. The van der Waals surface area contributed by atoms with E-state index in [2.05, 4.69) is 15.3 Å². The summed E-state index contributed by atoms with van der Waals surface area (Å²) >= 11 is 0. The summed E-state index contributed by atoms with van der Waals surface area (Å²) < 4.78 is 30.1. The third-order valence-electron chi connectivity index (χ3n) is 6.37. The molecule has 2 aromatic rings. The third-order valence-corrected chi connectivity index (χ3v) is 8.88. The molecule has 2 amide bonds. The van der Waals surface area contributed by atoms with Crippen molar-refractivity contribution in [2.24, 2.45) is 0 Å². The van der Waals surface area contributed by atoms with Crippen LogP contribution in [0.4, 0.5) is 0 Å². The summed E-state index contributed by atoms with van der Waals surface area (Å²) in [5.41, 5.74) is 2.81. The van der Waals surface area contributed by atoms with Crippen molar-refractivity contribution >= 4 is 21.7 Å². The molecule has 10 nitrogen and oxygen atoms in total. The number of ether oxygens (including phenoxy) is 1. The summed E-state index contributed by atoms with van der Waals surface area (Å²) in [5, 5.41) is 12.1. The first-order valence-electron chi connectivity index (χ1n) is 10.9. The predicted molar refractivity (Wildman–Crippen MR) is 117 cm³/mol. The summed E-state index contributed by atoms with van der Waals surface area (Å²) in [6.07, 6.45) is 6.92. The molecule has 176 valence electrons. The number of hydroxylamine groups is 1. The molecule has 1 aromatic carbocycles. The van der Waals surface area contributed by atoms with E-state index in [-0.39, 0.29) is 48.6 Å². The molecule has 33 heavy (non-hydrogen) atoms. The second-order valence-corrected chi connectivity index (χ2v) is 10.6. The summed E-state index contributed by atoms with van der Waals surface area (Å²) in [6, 6.07) is 6.11. The number of nitrogens with one attached hydrogen (secondary N) is 2. The van der Waals surface area contributed by atoms with Gasteiger partial charge in [0, 0.05) is 24.8 Å².